The summed E-state index contributed by atoms with van der Waals surface area (Å²) in [5.41, 5.74) is 1.01. The molecule has 0 spiro atoms. The molecule has 0 aromatic heterocycles. The zero-order valence-electron chi connectivity index (χ0n) is 10.3. The van der Waals surface area contributed by atoms with Crippen LogP contribution in [0.1, 0.15) is 32.3 Å². The van der Waals surface area contributed by atoms with Gasteiger partial charge in [-0.1, -0.05) is 25.5 Å². The minimum absolute atomic E-state index is 0.217. The van der Waals surface area contributed by atoms with Crippen LogP contribution in [0, 0.1) is 5.82 Å². The molecule has 0 fully saturated rings. The summed E-state index contributed by atoms with van der Waals surface area (Å²) in [5.74, 6) is -0.217. The van der Waals surface area contributed by atoms with Crippen molar-refractivity contribution in [2.75, 3.05) is 0 Å². The van der Waals surface area contributed by atoms with E-state index in [0.29, 0.717) is 17.7 Å². The monoisotopic (exact) mass is 254 g/mol. The van der Waals surface area contributed by atoms with Crippen LogP contribution < -0.4 is 10.6 Å². The Hall–Kier alpha value is -1.16. The highest BCUT2D eigenvalue weighted by Gasteiger charge is 2.02. The molecule has 17 heavy (non-hydrogen) atoms. The van der Waals surface area contributed by atoms with Gasteiger partial charge in [0.1, 0.15) is 5.82 Å². The Balaban J connectivity index is 2.30. The molecule has 1 atom stereocenters. The predicted molar refractivity (Wildman–Crippen MR) is 73.3 cm³/mol. The van der Waals surface area contributed by atoms with E-state index in [0.717, 1.165) is 18.4 Å². The van der Waals surface area contributed by atoms with Crippen LogP contribution in [-0.4, -0.2) is 11.2 Å². The first kappa shape index (κ1) is 13.9. The molecule has 1 aromatic carbocycles. The highest BCUT2D eigenvalue weighted by atomic mass is 32.1. The summed E-state index contributed by atoms with van der Waals surface area (Å²) in [4.78, 5) is 0. The molecule has 94 valence electrons. The van der Waals surface area contributed by atoms with Gasteiger partial charge in [-0.15, -0.1) is 0 Å². The van der Waals surface area contributed by atoms with Gasteiger partial charge in [0.05, 0.1) is 0 Å². The molecule has 0 radical (unpaired) electrons. The van der Waals surface area contributed by atoms with Gasteiger partial charge in [0.15, 0.2) is 5.11 Å². The molecule has 0 aliphatic heterocycles. The maximum atomic E-state index is 12.7. The lowest BCUT2D eigenvalue weighted by Crippen LogP contribution is -2.40. The fourth-order valence-electron chi connectivity index (χ4n) is 1.56. The fourth-order valence-corrected chi connectivity index (χ4v) is 1.84. The molecule has 0 amide bonds. The Morgan fingerprint density at radius 2 is 2.00 bits per heavy atom. The molecule has 4 heteroatoms. The molecule has 2 N–H and O–H groups in total. The molecule has 0 aliphatic rings. The highest BCUT2D eigenvalue weighted by Crippen LogP contribution is 2.02. The number of hydrogen-bond acceptors (Lipinski definition) is 1. The molecule has 1 rings (SSSR count). The number of benzene rings is 1. The van der Waals surface area contributed by atoms with Crippen LogP contribution in [0.5, 0.6) is 0 Å². The largest absolute Gasteiger partial charge is 0.360 e. The van der Waals surface area contributed by atoms with E-state index >= 15 is 0 Å². The van der Waals surface area contributed by atoms with E-state index < -0.39 is 0 Å². The second-order valence-electron chi connectivity index (χ2n) is 4.14. The molecule has 1 aromatic rings. The van der Waals surface area contributed by atoms with Crippen molar-refractivity contribution >= 4 is 17.3 Å². The summed E-state index contributed by atoms with van der Waals surface area (Å²) in [7, 11) is 0. The first-order valence-corrected chi connectivity index (χ1v) is 6.31. The first-order valence-electron chi connectivity index (χ1n) is 5.90. The van der Waals surface area contributed by atoms with Crippen molar-refractivity contribution in [1.82, 2.24) is 10.6 Å². The fraction of sp³-hybridized carbons (Fsp3) is 0.462. The van der Waals surface area contributed by atoms with Crippen LogP contribution in [-0.2, 0) is 6.54 Å². The van der Waals surface area contributed by atoms with Gasteiger partial charge in [-0.3, -0.25) is 0 Å². The van der Waals surface area contributed by atoms with Crippen molar-refractivity contribution in [3.63, 3.8) is 0 Å². The normalized spacial score (nSPS) is 11.9. The first-order chi connectivity index (χ1) is 8.11. The van der Waals surface area contributed by atoms with Gasteiger partial charge in [0, 0.05) is 12.6 Å². The second-order valence-corrected chi connectivity index (χ2v) is 4.55. The van der Waals surface area contributed by atoms with E-state index in [1.54, 1.807) is 12.1 Å². The van der Waals surface area contributed by atoms with Crippen LogP contribution in [0.15, 0.2) is 24.3 Å². The number of halogens is 1. The lowest BCUT2D eigenvalue weighted by Gasteiger charge is -2.16. The number of rotatable bonds is 5. The number of nitrogens with one attached hydrogen (secondary N) is 2. The summed E-state index contributed by atoms with van der Waals surface area (Å²) < 4.78 is 12.7. The number of hydrogen-bond donors (Lipinski definition) is 2. The Bertz CT molecular complexity index is 351. The van der Waals surface area contributed by atoms with Gasteiger partial charge < -0.3 is 10.6 Å². The quantitative estimate of drug-likeness (QED) is 0.790. The third kappa shape index (κ3) is 5.63. The SMILES string of the molecule is CCCC(C)NC(=S)NCc1ccc(F)cc1. The lowest BCUT2D eigenvalue weighted by molar-refractivity contribution is 0.590. The van der Waals surface area contributed by atoms with Crippen LogP contribution in [0.25, 0.3) is 0 Å². The van der Waals surface area contributed by atoms with E-state index in [1.807, 2.05) is 0 Å². The Morgan fingerprint density at radius 1 is 1.35 bits per heavy atom. The zero-order valence-corrected chi connectivity index (χ0v) is 11.1. The molecule has 0 saturated carbocycles. The van der Waals surface area contributed by atoms with Gasteiger partial charge in [-0.2, -0.15) is 0 Å². The average Bonchev–Trinajstić information content (AvgIpc) is 2.28. The predicted octanol–water partition coefficient (Wildman–Crippen LogP) is 2.98. The summed E-state index contributed by atoms with van der Waals surface area (Å²) in [6.45, 7) is 4.87. The third-order valence-electron chi connectivity index (χ3n) is 2.47. The maximum absolute atomic E-state index is 12.7. The van der Waals surface area contributed by atoms with E-state index in [1.165, 1.54) is 12.1 Å². The van der Waals surface area contributed by atoms with Crippen molar-refractivity contribution in [3.8, 4) is 0 Å². The van der Waals surface area contributed by atoms with Crippen molar-refractivity contribution in [2.45, 2.75) is 39.3 Å². The average molecular weight is 254 g/mol. The smallest absolute Gasteiger partial charge is 0.166 e. The standard InChI is InChI=1S/C13H19FN2S/c1-3-4-10(2)16-13(17)15-9-11-5-7-12(14)8-6-11/h5-8,10H,3-4,9H2,1-2H3,(H2,15,16,17). The topological polar surface area (TPSA) is 24.1 Å². The molecule has 2 nitrogen and oxygen atoms in total. The van der Waals surface area contributed by atoms with E-state index in [2.05, 4.69) is 24.5 Å². The van der Waals surface area contributed by atoms with Crippen molar-refractivity contribution in [1.29, 1.82) is 0 Å². The van der Waals surface area contributed by atoms with Crippen LogP contribution in [0.2, 0.25) is 0 Å². The summed E-state index contributed by atoms with van der Waals surface area (Å²) >= 11 is 5.17. The molecular formula is C13H19FN2S. The highest BCUT2D eigenvalue weighted by molar-refractivity contribution is 7.80. The molecule has 0 saturated heterocycles. The van der Waals surface area contributed by atoms with E-state index in [9.17, 15) is 4.39 Å². The lowest BCUT2D eigenvalue weighted by atomic mass is 10.2. The number of thiocarbonyl (C=S) groups is 1. The maximum Gasteiger partial charge on any atom is 0.166 e. The minimum atomic E-state index is -0.217. The van der Waals surface area contributed by atoms with E-state index in [4.69, 9.17) is 12.2 Å². The van der Waals surface area contributed by atoms with Gasteiger partial charge in [0.2, 0.25) is 0 Å². The Morgan fingerprint density at radius 3 is 2.59 bits per heavy atom. The Kier molecular flexibility index (Phi) is 5.91. The van der Waals surface area contributed by atoms with Gasteiger partial charge in [-0.25, -0.2) is 4.39 Å². The molecular weight excluding hydrogens is 235 g/mol. The third-order valence-corrected chi connectivity index (χ3v) is 2.73. The van der Waals surface area contributed by atoms with Crippen LogP contribution >= 0.6 is 12.2 Å². The van der Waals surface area contributed by atoms with Crippen LogP contribution in [0.4, 0.5) is 4.39 Å². The van der Waals surface area contributed by atoms with Gasteiger partial charge >= 0.3 is 0 Å². The summed E-state index contributed by atoms with van der Waals surface area (Å²) in [5, 5.41) is 6.96. The zero-order chi connectivity index (χ0) is 12.7. The van der Waals surface area contributed by atoms with Crippen molar-refractivity contribution in [3.05, 3.63) is 35.6 Å². The molecule has 0 heterocycles. The summed E-state index contributed by atoms with van der Waals surface area (Å²) in [6.07, 6.45) is 2.23. The Labute approximate surface area is 108 Å². The molecule has 0 aliphatic carbocycles. The molecule has 1 unspecified atom stereocenters. The minimum Gasteiger partial charge on any atom is -0.360 e. The van der Waals surface area contributed by atoms with Crippen molar-refractivity contribution < 1.29 is 4.39 Å². The van der Waals surface area contributed by atoms with E-state index in [-0.39, 0.29) is 5.82 Å². The summed E-state index contributed by atoms with van der Waals surface area (Å²) in [6, 6.07) is 6.79. The molecule has 0 bridgehead atoms. The van der Waals surface area contributed by atoms with Crippen LogP contribution in [0.3, 0.4) is 0 Å². The second kappa shape index (κ2) is 7.22. The van der Waals surface area contributed by atoms with Gasteiger partial charge in [0.25, 0.3) is 0 Å². The van der Waals surface area contributed by atoms with Crippen molar-refractivity contribution in [2.24, 2.45) is 0 Å². The van der Waals surface area contributed by atoms with Gasteiger partial charge in [-0.05, 0) is 43.3 Å².